The molecule has 3 saturated carbocycles. The molecular formula is C37H44N2O9. The molecule has 1 aromatic carbocycles. The molecule has 6 rings (SSSR count). The van der Waals surface area contributed by atoms with Crippen molar-refractivity contribution in [3.05, 3.63) is 59.8 Å². The molecule has 0 saturated heterocycles. The molecule has 8 atom stereocenters. The number of H-pyrrole nitrogens is 1. The summed E-state index contributed by atoms with van der Waals surface area (Å²) in [6.45, 7) is 3.27. The van der Waals surface area contributed by atoms with Crippen LogP contribution in [0, 0.1) is 28.6 Å². The van der Waals surface area contributed by atoms with Gasteiger partial charge >= 0.3 is 11.9 Å². The number of ketones is 2. The lowest BCUT2D eigenvalue weighted by Crippen LogP contribution is -2.61. The second kappa shape index (κ2) is 12.7. The number of ether oxygens (including phenoxy) is 2. The standard InChI is InChI=1S/C37H44N2O9/c1-35-14-12-23(40)17-22(35)8-9-25-26-13-15-37(46,36(26,2)18-29(41)33(25)35)30(42)20-48-32(44)11-10-31(43)39-28(34(45)47-3)16-21-19-38-27-7-5-4-6-24(21)27/h4-7,12,14,17,19,25-26,28-29,33,38,41,46H,8-11,13,15-16,18,20H2,1-3H3,(H,39,43)/t25?,26?,28?,29?,33?,35-,36-,37+/m0/s1. The van der Waals surface area contributed by atoms with Crippen LogP contribution in [0.1, 0.15) is 64.4 Å². The number of hydrogen-bond acceptors (Lipinski definition) is 9. The fourth-order valence-electron chi connectivity index (χ4n) is 9.46. The summed E-state index contributed by atoms with van der Waals surface area (Å²) in [7, 11) is 1.23. The highest BCUT2D eigenvalue weighted by Gasteiger charge is 2.68. The molecule has 1 amide bonds. The van der Waals surface area contributed by atoms with Gasteiger partial charge in [-0.05, 0) is 67.7 Å². The molecule has 0 bridgehead atoms. The van der Waals surface area contributed by atoms with Crippen LogP contribution in [0.25, 0.3) is 10.9 Å². The maximum Gasteiger partial charge on any atom is 0.328 e. The Kier molecular flexibility index (Phi) is 8.97. The number of carbonyl (C=O) groups is 5. The molecular weight excluding hydrogens is 616 g/mol. The summed E-state index contributed by atoms with van der Waals surface area (Å²) in [6.07, 6.45) is 8.20. The number of methoxy groups -OCH3 is 1. The summed E-state index contributed by atoms with van der Waals surface area (Å²) >= 11 is 0. The summed E-state index contributed by atoms with van der Waals surface area (Å²) in [5, 5.41) is 27.0. The first-order valence-corrected chi connectivity index (χ1v) is 16.8. The van der Waals surface area contributed by atoms with Gasteiger partial charge in [0.15, 0.2) is 12.4 Å². The number of esters is 2. The SMILES string of the molecule is COC(=O)C(Cc1c[nH]c2ccccc12)NC(=O)CCC(=O)OCC(=O)[C@]1(O)CCC2C3CCC4=CC(=O)C=C[C@]4(C)C3C(O)C[C@@]21C. The largest absolute Gasteiger partial charge is 0.467 e. The lowest BCUT2D eigenvalue weighted by molar-refractivity contribution is -0.181. The van der Waals surface area contributed by atoms with Gasteiger partial charge in [0.1, 0.15) is 11.6 Å². The monoisotopic (exact) mass is 660 g/mol. The maximum absolute atomic E-state index is 13.6. The average molecular weight is 661 g/mol. The van der Waals surface area contributed by atoms with Gasteiger partial charge in [-0.25, -0.2) is 4.79 Å². The van der Waals surface area contributed by atoms with Crippen molar-refractivity contribution in [2.24, 2.45) is 28.6 Å². The lowest BCUT2D eigenvalue weighted by Gasteiger charge is -2.59. The van der Waals surface area contributed by atoms with Crippen LogP contribution in [0.4, 0.5) is 0 Å². The fourth-order valence-corrected chi connectivity index (χ4v) is 9.46. The van der Waals surface area contributed by atoms with Gasteiger partial charge in [-0.15, -0.1) is 0 Å². The molecule has 11 heteroatoms. The molecule has 5 unspecified atom stereocenters. The Bertz CT molecular complexity index is 1710. The highest BCUT2D eigenvalue weighted by atomic mass is 16.5. The van der Waals surface area contributed by atoms with Gasteiger partial charge in [0.25, 0.3) is 0 Å². The van der Waals surface area contributed by atoms with Gasteiger partial charge in [0.05, 0.1) is 19.6 Å². The van der Waals surface area contributed by atoms with E-state index < -0.39 is 58.8 Å². The fraction of sp³-hybridized carbons (Fsp3) is 0.541. The number of rotatable bonds is 10. The molecule has 48 heavy (non-hydrogen) atoms. The number of aromatic amines is 1. The van der Waals surface area contributed by atoms with E-state index in [0.29, 0.717) is 12.8 Å². The summed E-state index contributed by atoms with van der Waals surface area (Å²) in [5.74, 6) is -2.74. The van der Waals surface area contributed by atoms with E-state index in [9.17, 15) is 34.2 Å². The smallest absolute Gasteiger partial charge is 0.328 e. The molecule has 4 aliphatic carbocycles. The van der Waals surface area contributed by atoms with E-state index in [1.165, 1.54) is 7.11 Å². The quantitative estimate of drug-likeness (QED) is 0.279. The average Bonchev–Trinajstić information content (AvgIpc) is 3.59. The maximum atomic E-state index is 13.6. The Morgan fingerprint density at radius 1 is 1.12 bits per heavy atom. The van der Waals surface area contributed by atoms with E-state index in [-0.39, 0.29) is 55.6 Å². The van der Waals surface area contributed by atoms with Crippen LogP contribution < -0.4 is 5.32 Å². The molecule has 256 valence electrons. The third-order valence-corrected chi connectivity index (χ3v) is 11.9. The zero-order chi connectivity index (χ0) is 34.4. The second-order valence-corrected chi connectivity index (χ2v) is 14.4. The van der Waals surface area contributed by atoms with Gasteiger partial charge in [-0.1, -0.05) is 43.7 Å². The van der Waals surface area contributed by atoms with Crippen LogP contribution in [0.5, 0.6) is 0 Å². The first kappa shape index (κ1) is 33.8. The molecule has 0 radical (unpaired) electrons. The highest BCUT2D eigenvalue weighted by Crippen LogP contribution is 2.67. The number of Topliss-reactive ketones (excluding diaryl/α,β-unsaturated/α-hetero) is 1. The third-order valence-electron chi connectivity index (χ3n) is 11.9. The second-order valence-electron chi connectivity index (χ2n) is 14.4. The molecule has 11 nitrogen and oxygen atoms in total. The van der Waals surface area contributed by atoms with Crippen molar-refractivity contribution >= 4 is 40.3 Å². The predicted molar refractivity (Wildman–Crippen MR) is 174 cm³/mol. The van der Waals surface area contributed by atoms with Crippen molar-refractivity contribution in [2.75, 3.05) is 13.7 Å². The minimum atomic E-state index is -1.78. The Morgan fingerprint density at radius 3 is 2.67 bits per heavy atom. The van der Waals surface area contributed by atoms with Crippen molar-refractivity contribution in [3.8, 4) is 0 Å². The van der Waals surface area contributed by atoms with Crippen LogP contribution in [0.2, 0.25) is 0 Å². The van der Waals surface area contributed by atoms with Crippen molar-refractivity contribution in [1.82, 2.24) is 10.3 Å². The van der Waals surface area contributed by atoms with Crippen LogP contribution >= 0.6 is 0 Å². The minimum Gasteiger partial charge on any atom is -0.467 e. The molecule has 4 N–H and O–H groups in total. The van der Waals surface area contributed by atoms with Gasteiger partial charge < -0.3 is 30.0 Å². The van der Waals surface area contributed by atoms with E-state index in [2.05, 4.69) is 17.2 Å². The van der Waals surface area contributed by atoms with Crippen LogP contribution in [-0.2, 0) is 39.9 Å². The first-order chi connectivity index (χ1) is 22.8. The van der Waals surface area contributed by atoms with Crippen LogP contribution in [0.3, 0.4) is 0 Å². The third kappa shape index (κ3) is 5.70. The topological polar surface area (TPSA) is 172 Å². The number of allylic oxidation sites excluding steroid dienone is 4. The molecule has 3 fully saturated rings. The number of carbonyl (C=O) groups excluding carboxylic acids is 5. The number of fused-ring (bicyclic) bond motifs is 6. The molecule has 4 aliphatic rings. The van der Waals surface area contributed by atoms with E-state index in [4.69, 9.17) is 9.47 Å². The summed E-state index contributed by atoms with van der Waals surface area (Å²) < 4.78 is 10.1. The van der Waals surface area contributed by atoms with Crippen LogP contribution in [-0.4, -0.2) is 76.1 Å². The van der Waals surface area contributed by atoms with Gasteiger partial charge in [-0.2, -0.15) is 0 Å². The number of hydrogen-bond donors (Lipinski definition) is 4. The first-order valence-electron chi connectivity index (χ1n) is 16.8. The Hall–Kier alpha value is -4.09. The zero-order valence-electron chi connectivity index (χ0n) is 27.6. The van der Waals surface area contributed by atoms with Gasteiger partial charge in [-0.3, -0.25) is 19.2 Å². The number of para-hydroxylation sites is 1. The van der Waals surface area contributed by atoms with E-state index in [0.717, 1.165) is 28.5 Å². The number of aromatic nitrogens is 1. The molecule has 0 spiro atoms. The van der Waals surface area contributed by atoms with Crippen molar-refractivity contribution in [2.45, 2.75) is 83.0 Å². The molecule has 1 heterocycles. The van der Waals surface area contributed by atoms with Gasteiger partial charge in [0, 0.05) is 46.7 Å². The number of nitrogens with one attached hydrogen (secondary N) is 2. The Balaban J connectivity index is 1.04. The van der Waals surface area contributed by atoms with E-state index >= 15 is 0 Å². The lowest BCUT2D eigenvalue weighted by atomic mass is 9.46. The molecule has 1 aromatic heterocycles. The van der Waals surface area contributed by atoms with Crippen molar-refractivity contribution < 1.29 is 43.7 Å². The number of aliphatic hydroxyl groups is 2. The number of aliphatic hydroxyl groups excluding tert-OH is 1. The normalized spacial score (nSPS) is 32.8. The number of amides is 1. The van der Waals surface area contributed by atoms with E-state index in [1.54, 1.807) is 18.3 Å². The summed E-state index contributed by atoms with van der Waals surface area (Å²) in [5.41, 5.74) is -0.424. The number of benzene rings is 1. The highest BCUT2D eigenvalue weighted by molar-refractivity contribution is 6.01. The van der Waals surface area contributed by atoms with E-state index in [1.807, 2.05) is 37.3 Å². The Labute approximate surface area is 279 Å². The van der Waals surface area contributed by atoms with Crippen molar-refractivity contribution in [1.29, 1.82) is 0 Å². The summed E-state index contributed by atoms with van der Waals surface area (Å²) in [4.78, 5) is 66.6. The Morgan fingerprint density at radius 2 is 1.90 bits per heavy atom. The predicted octanol–water partition coefficient (Wildman–Crippen LogP) is 3.27. The molecule has 0 aliphatic heterocycles. The zero-order valence-corrected chi connectivity index (χ0v) is 27.6. The van der Waals surface area contributed by atoms with Gasteiger partial charge in [0.2, 0.25) is 11.7 Å². The van der Waals surface area contributed by atoms with Crippen molar-refractivity contribution in [3.63, 3.8) is 0 Å². The van der Waals surface area contributed by atoms with Crippen LogP contribution in [0.15, 0.2) is 54.3 Å². The molecule has 2 aromatic rings. The summed E-state index contributed by atoms with van der Waals surface area (Å²) in [6, 6.07) is 6.61. The minimum absolute atomic E-state index is 0.0318.